The van der Waals surface area contributed by atoms with E-state index in [2.05, 4.69) is 22.8 Å². The molecule has 8 heavy (non-hydrogen) atoms. The van der Waals surface area contributed by atoms with Crippen LogP contribution in [0.1, 0.15) is 19.9 Å². The molecule has 0 amide bonds. The molecular formula is C5H10N2S+2. The fraction of sp³-hybridized carbons (Fsp3) is 0.600. The summed E-state index contributed by atoms with van der Waals surface area (Å²) in [7, 11) is 0. The molecule has 1 heterocycles. The van der Waals surface area contributed by atoms with Gasteiger partial charge >= 0.3 is 6.33 Å². The van der Waals surface area contributed by atoms with Gasteiger partial charge in [0.2, 0.25) is 11.5 Å². The van der Waals surface area contributed by atoms with Crippen LogP contribution in [0.5, 0.6) is 0 Å². The quantitative estimate of drug-likeness (QED) is 0.491. The van der Waals surface area contributed by atoms with Gasteiger partial charge in [-0.15, -0.1) is 4.98 Å². The fourth-order valence-corrected chi connectivity index (χ4v) is 1.10. The minimum Gasteiger partial charge on any atom is -0.147 e. The molecule has 0 aliphatic carbocycles. The van der Waals surface area contributed by atoms with Crippen LogP contribution in [-0.2, 0) is 0 Å². The molecule has 0 atom stereocenters. The van der Waals surface area contributed by atoms with Crippen molar-refractivity contribution in [3.05, 3.63) is 11.8 Å². The molecule has 0 bridgehead atoms. The fourth-order valence-electron chi connectivity index (χ4n) is 0.496. The standard InChI is InChI=1S/C5H9N2S/c1-5(2)7-3-6-4-8-7/h3-5H,1-2H3/q+1/p+1. The van der Waals surface area contributed by atoms with E-state index in [0.29, 0.717) is 6.04 Å². The van der Waals surface area contributed by atoms with Crippen molar-refractivity contribution in [2.24, 2.45) is 0 Å². The van der Waals surface area contributed by atoms with Crippen LogP contribution in [0.4, 0.5) is 0 Å². The second-order valence-electron chi connectivity index (χ2n) is 1.97. The Morgan fingerprint density at radius 2 is 2.38 bits per heavy atom. The van der Waals surface area contributed by atoms with Gasteiger partial charge in [-0.05, 0) is 13.8 Å². The number of hydrogen-bond acceptors (Lipinski definition) is 1. The maximum absolute atomic E-state index is 2.99. The Balaban J connectivity index is 2.77. The third-order valence-corrected chi connectivity index (χ3v) is 1.97. The molecule has 0 radical (unpaired) electrons. The van der Waals surface area contributed by atoms with Gasteiger partial charge in [-0.3, -0.25) is 0 Å². The monoisotopic (exact) mass is 130 g/mol. The molecule has 0 aliphatic heterocycles. The predicted molar refractivity (Wildman–Crippen MR) is 31.5 cm³/mol. The van der Waals surface area contributed by atoms with Gasteiger partial charge in [-0.2, -0.15) is 0 Å². The summed E-state index contributed by atoms with van der Waals surface area (Å²) in [5.74, 6) is 0. The summed E-state index contributed by atoms with van der Waals surface area (Å²) in [6.45, 7) is 4.31. The Labute approximate surface area is 53.0 Å². The summed E-state index contributed by atoms with van der Waals surface area (Å²) >= 11 is 1.69. The predicted octanol–water partition coefficient (Wildman–Crippen LogP) is 0.431. The largest absolute Gasteiger partial charge is 0.419 e. The highest BCUT2D eigenvalue weighted by molar-refractivity contribution is 6.98. The smallest absolute Gasteiger partial charge is 0.147 e. The lowest BCUT2D eigenvalue weighted by Crippen LogP contribution is -2.31. The van der Waals surface area contributed by atoms with Gasteiger partial charge in [0.05, 0.1) is 0 Å². The second kappa shape index (κ2) is 2.22. The molecule has 0 saturated heterocycles. The van der Waals surface area contributed by atoms with Crippen molar-refractivity contribution < 1.29 is 8.94 Å². The molecule has 0 unspecified atom stereocenters. The molecule has 1 N–H and O–H groups in total. The maximum atomic E-state index is 2.99. The first-order chi connectivity index (χ1) is 3.80. The Kier molecular flexibility index (Phi) is 1.58. The van der Waals surface area contributed by atoms with E-state index >= 15 is 0 Å². The zero-order valence-electron chi connectivity index (χ0n) is 5.09. The van der Waals surface area contributed by atoms with Gasteiger partial charge in [0.1, 0.15) is 0 Å². The lowest BCUT2D eigenvalue weighted by Gasteiger charge is -1.84. The number of nitrogens with one attached hydrogen (secondary N) is 1. The van der Waals surface area contributed by atoms with E-state index in [4.69, 9.17) is 0 Å². The summed E-state index contributed by atoms with van der Waals surface area (Å²) in [6.07, 6.45) is 1.97. The zero-order chi connectivity index (χ0) is 5.98. The first-order valence-corrected chi connectivity index (χ1v) is 3.50. The van der Waals surface area contributed by atoms with Crippen LogP contribution in [0.15, 0.2) is 11.8 Å². The highest BCUT2D eigenvalue weighted by Gasteiger charge is 2.09. The van der Waals surface area contributed by atoms with Gasteiger partial charge in [0.25, 0.3) is 5.51 Å². The highest BCUT2D eigenvalue weighted by atomic mass is 32.1. The van der Waals surface area contributed by atoms with Crippen LogP contribution >= 0.6 is 11.5 Å². The number of aromatic amines is 1. The Morgan fingerprint density at radius 1 is 1.62 bits per heavy atom. The average Bonchev–Trinajstić information content (AvgIpc) is 2.12. The molecule has 0 aliphatic rings. The SMILES string of the molecule is CC(C)[n+]1c[nH+]cs1. The van der Waals surface area contributed by atoms with E-state index in [-0.39, 0.29) is 0 Å². The zero-order valence-corrected chi connectivity index (χ0v) is 5.90. The molecule has 0 saturated carbocycles. The molecule has 1 aromatic heterocycles. The highest BCUT2D eigenvalue weighted by Crippen LogP contribution is 1.89. The van der Waals surface area contributed by atoms with Crippen LogP contribution in [0.3, 0.4) is 0 Å². The van der Waals surface area contributed by atoms with Crippen LogP contribution in [0, 0.1) is 0 Å². The van der Waals surface area contributed by atoms with Crippen LogP contribution in [0.25, 0.3) is 0 Å². The molecule has 1 rings (SSSR count). The van der Waals surface area contributed by atoms with Gasteiger partial charge in [0, 0.05) is 0 Å². The molecule has 0 fully saturated rings. The molecule has 3 heteroatoms. The average molecular weight is 130 g/mol. The molecule has 0 aromatic carbocycles. The van der Waals surface area contributed by atoms with Crippen LogP contribution in [-0.4, -0.2) is 0 Å². The van der Waals surface area contributed by atoms with E-state index in [0.717, 1.165) is 0 Å². The van der Waals surface area contributed by atoms with E-state index < -0.39 is 0 Å². The summed E-state index contributed by atoms with van der Waals surface area (Å²) in [5.41, 5.74) is 1.96. The normalized spacial score (nSPS) is 10.4. The first-order valence-electron chi connectivity index (χ1n) is 2.67. The summed E-state index contributed by atoms with van der Waals surface area (Å²) < 4.78 is 2.15. The third kappa shape index (κ3) is 1.04. The number of rotatable bonds is 1. The van der Waals surface area contributed by atoms with Gasteiger partial charge in [-0.1, -0.05) is 3.96 Å². The number of nitrogens with zero attached hydrogens (tertiary/aromatic N) is 1. The van der Waals surface area contributed by atoms with Gasteiger partial charge < -0.3 is 0 Å². The Hall–Kier alpha value is -0.440. The van der Waals surface area contributed by atoms with E-state index in [1.807, 2.05) is 11.8 Å². The maximum Gasteiger partial charge on any atom is 0.419 e. The molecule has 2 nitrogen and oxygen atoms in total. The summed E-state index contributed by atoms with van der Waals surface area (Å²) in [6, 6.07) is 0.589. The van der Waals surface area contributed by atoms with E-state index in [1.165, 1.54) is 0 Å². The van der Waals surface area contributed by atoms with Crippen molar-refractivity contribution in [3.63, 3.8) is 0 Å². The van der Waals surface area contributed by atoms with Crippen molar-refractivity contribution in [1.82, 2.24) is 0 Å². The van der Waals surface area contributed by atoms with Crippen molar-refractivity contribution in [2.75, 3.05) is 0 Å². The van der Waals surface area contributed by atoms with E-state index in [9.17, 15) is 0 Å². The second-order valence-corrected chi connectivity index (χ2v) is 2.84. The lowest BCUT2D eigenvalue weighted by molar-refractivity contribution is -0.693. The van der Waals surface area contributed by atoms with Gasteiger partial charge in [-0.25, -0.2) is 0 Å². The molecule has 44 valence electrons. The summed E-state index contributed by atoms with van der Waals surface area (Å²) in [5, 5.41) is 0. The molecular weight excluding hydrogens is 120 g/mol. The minimum absolute atomic E-state index is 0.589. The van der Waals surface area contributed by atoms with Crippen LogP contribution < -0.4 is 8.94 Å². The van der Waals surface area contributed by atoms with E-state index in [1.54, 1.807) is 11.5 Å². The number of H-pyrrole nitrogens is 1. The third-order valence-electron chi connectivity index (χ3n) is 0.953. The molecule has 0 spiro atoms. The van der Waals surface area contributed by atoms with Crippen LogP contribution in [0.2, 0.25) is 0 Å². The first kappa shape index (κ1) is 5.69. The Bertz CT molecular complexity index is 145. The van der Waals surface area contributed by atoms with Crippen molar-refractivity contribution in [1.29, 1.82) is 0 Å². The summed E-state index contributed by atoms with van der Waals surface area (Å²) in [4.78, 5) is 2.99. The van der Waals surface area contributed by atoms with Crippen molar-refractivity contribution in [3.8, 4) is 0 Å². The van der Waals surface area contributed by atoms with Crippen molar-refractivity contribution >= 4 is 11.5 Å². The lowest BCUT2D eigenvalue weighted by atomic mass is 10.4. The number of hydrogen-bond donors (Lipinski definition) is 0. The number of aromatic nitrogens is 2. The van der Waals surface area contributed by atoms with Crippen molar-refractivity contribution in [2.45, 2.75) is 19.9 Å². The van der Waals surface area contributed by atoms with Gasteiger partial charge in [0.15, 0.2) is 6.04 Å². The minimum atomic E-state index is 0.589. The molecule has 1 aromatic rings. The topological polar surface area (TPSA) is 18.0 Å². The Morgan fingerprint density at radius 3 is 2.62 bits per heavy atom.